The fourth-order valence-electron chi connectivity index (χ4n) is 1.46. The van der Waals surface area contributed by atoms with Crippen LogP contribution in [0.3, 0.4) is 0 Å². The van der Waals surface area contributed by atoms with Crippen molar-refractivity contribution in [2.45, 2.75) is 36.4 Å². The van der Waals surface area contributed by atoms with Crippen molar-refractivity contribution in [3.63, 3.8) is 0 Å². The highest BCUT2D eigenvalue weighted by atomic mass is 32.2. The first-order valence-electron chi connectivity index (χ1n) is 6.18. The van der Waals surface area contributed by atoms with Crippen LogP contribution in [0.15, 0.2) is 21.0 Å². The predicted octanol–water partition coefficient (Wildman–Crippen LogP) is 1.39. The zero-order valence-electron chi connectivity index (χ0n) is 12.2. The molecule has 0 aromatic carbocycles. The predicted molar refractivity (Wildman–Crippen MR) is 78.2 cm³/mol. The fourth-order valence-corrected chi connectivity index (χ4v) is 2.26. The van der Waals surface area contributed by atoms with Crippen molar-refractivity contribution >= 4 is 17.6 Å². The molecule has 0 aliphatic heterocycles. The minimum atomic E-state index is -0.244. The Morgan fingerprint density at radius 3 is 2.55 bits per heavy atom. The molecule has 2 heterocycles. The maximum Gasteiger partial charge on any atom is 0.343 e. The van der Waals surface area contributed by atoms with Crippen LogP contribution in [0.2, 0.25) is 0 Å². The molecule has 20 heavy (non-hydrogen) atoms. The Kier molecular flexibility index (Phi) is 3.85. The number of nitrogens with zero attached hydrogens (tertiary/aromatic N) is 4. The lowest BCUT2D eigenvalue weighted by Gasteiger charge is -2.18. The fraction of sp³-hybridized carbons (Fsp3) is 0.500. The van der Waals surface area contributed by atoms with Crippen molar-refractivity contribution < 1.29 is 0 Å². The second-order valence-corrected chi connectivity index (χ2v) is 6.37. The quantitative estimate of drug-likeness (QED) is 0.832. The lowest BCUT2D eigenvalue weighted by Crippen LogP contribution is -2.17. The number of H-pyrrole nitrogens is 1. The van der Waals surface area contributed by atoms with Crippen molar-refractivity contribution in [1.82, 2.24) is 24.7 Å². The van der Waals surface area contributed by atoms with Crippen LogP contribution in [0.5, 0.6) is 0 Å². The Morgan fingerprint density at radius 2 is 2.05 bits per heavy atom. The highest BCUT2D eigenvalue weighted by Gasteiger charge is 2.20. The summed E-state index contributed by atoms with van der Waals surface area (Å²) >= 11 is 1.32. The topological polar surface area (TPSA) is 88.5 Å². The van der Waals surface area contributed by atoms with Crippen LogP contribution < -0.4 is 11.0 Å². The Labute approximate surface area is 121 Å². The summed E-state index contributed by atoms with van der Waals surface area (Å²) in [6.45, 7) is 6.17. The van der Waals surface area contributed by atoms with E-state index in [0.29, 0.717) is 5.16 Å². The molecule has 108 valence electrons. The average Bonchev–Trinajstić information content (AvgIpc) is 2.69. The summed E-state index contributed by atoms with van der Waals surface area (Å²) in [6.07, 6.45) is 0. The normalized spacial score (nSPS) is 11.7. The first-order valence-corrected chi connectivity index (χ1v) is 6.99. The third kappa shape index (κ3) is 3.01. The second kappa shape index (κ2) is 5.28. The van der Waals surface area contributed by atoms with E-state index >= 15 is 0 Å². The monoisotopic (exact) mass is 294 g/mol. The van der Waals surface area contributed by atoms with E-state index in [9.17, 15) is 4.79 Å². The second-order valence-electron chi connectivity index (χ2n) is 5.39. The summed E-state index contributed by atoms with van der Waals surface area (Å²) in [5.74, 6) is 1.49. The molecule has 2 aromatic rings. The molecule has 0 unspecified atom stereocenters. The van der Waals surface area contributed by atoms with Gasteiger partial charge in [-0.15, -0.1) is 5.10 Å². The average molecular weight is 294 g/mol. The van der Waals surface area contributed by atoms with E-state index in [2.05, 4.69) is 46.3 Å². The molecule has 0 aliphatic carbocycles. The van der Waals surface area contributed by atoms with Gasteiger partial charge in [-0.25, -0.2) is 19.9 Å². The van der Waals surface area contributed by atoms with E-state index in [1.807, 2.05) is 13.1 Å². The number of aromatic nitrogens is 5. The van der Waals surface area contributed by atoms with Crippen LogP contribution in [0.4, 0.5) is 5.82 Å². The first kappa shape index (κ1) is 14.6. The molecular weight excluding hydrogens is 276 g/mol. The molecule has 0 saturated heterocycles. The van der Waals surface area contributed by atoms with Gasteiger partial charge in [-0.2, -0.15) is 0 Å². The number of hydrogen-bond acceptors (Lipinski definition) is 6. The van der Waals surface area contributed by atoms with Crippen molar-refractivity contribution in [2.75, 3.05) is 12.4 Å². The number of hydrogen-bond donors (Lipinski definition) is 2. The van der Waals surface area contributed by atoms with Gasteiger partial charge in [0.1, 0.15) is 16.7 Å². The van der Waals surface area contributed by atoms with Crippen molar-refractivity contribution in [3.8, 4) is 0 Å². The summed E-state index contributed by atoms with van der Waals surface area (Å²) in [5, 5.41) is 10.7. The van der Waals surface area contributed by atoms with Gasteiger partial charge in [0, 0.05) is 25.6 Å². The van der Waals surface area contributed by atoms with E-state index in [-0.39, 0.29) is 11.1 Å². The molecule has 0 bridgehead atoms. The molecule has 0 radical (unpaired) electrons. The van der Waals surface area contributed by atoms with Crippen molar-refractivity contribution in [2.24, 2.45) is 7.05 Å². The van der Waals surface area contributed by atoms with Crippen LogP contribution in [0.25, 0.3) is 0 Å². The summed E-state index contributed by atoms with van der Waals surface area (Å²) < 4.78 is 1.45. The van der Waals surface area contributed by atoms with Gasteiger partial charge >= 0.3 is 5.69 Å². The highest BCUT2D eigenvalue weighted by molar-refractivity contribution is 7.99. The number of nitrogens with one attached hydrogen (secondary N) is 2. The standard InChI is InChI=1S/C12H18N6OS/c1-12(2,3)9-14-7(13-4)6-8(15-9)20-11-17-16-10(19)18(11)5/h6H,1-5H3,(H,16,19)(H,13,14,15). The maximum absolute atomic E-state index is 11.4. The number of rotatable bonds is 3. The molecule has 8 heteroatoms. The molecule has 2 rings (SSSR count). The van der Waals surface area contributed by atoms with Gasteiger partial charge in [-0.05, 0) is 11.8 Å². The Hall–Kier alpha value is -1.83. The molecule has 0 spiro atoms. The number of anilines is 1. The molecule has 7 nitrogen and oxygen atoms in total. The third-order valence-corrected chi connectivity index (χ3v) is 3.63. The Balaban J connectivity index is 2.41. The summed E-state index contributed by atoms with van der Waals surface area (Å²) in [5.41, 5.74) is -0.397. The molecule has 2 N–H and O–H groups in total. The molecule has 2 aromatic heterocycles. The van der Waals surface area contributed by atoms with Gasteiger partial charge in [0.25, 0.3) is 0 Å². The number of aromatic amines is 1. The summed E-state index contributed by atoms with van der Waals surface area (Å²) in [4.78, 5) is 20.4. The van der Waals surface area contributed by atoms with E-state index in [0.717, 1.165) is 16.7 Å². The summed E-state index contributed by atoms with van der Waals surface area (Å²) in [6, 6.07) is 1.83. The van der Waals surface area contributed by atoms with Crippen molar-refractivity contribution in [3.05, 3.63) is 22.4 Å². The highest BCUT2D eigenvalue weighted by Crippen LogP contribution is 2.27. The van der Waals surface area contributed by atoms with Crippen LogP contribution >= 0.6 is 11.8 Å². The van der Waals surface area contributed by atoms with E-state index in [1.165, 1.54) is 16.3 Å². The molecule has 0 fully saturated rings. The lowest BCUT2D eigenvalue weighted by molar-refractivity contribution is 0.539. The Morgan fingerprint density at radius 1 is 1.35 bits per heavy atom. The molecule has 0 atom stereocenters. The molecule has 0 aliphatic rings. The maximum atomic E-state index is 11.4. The minimum Gasteiger partial charge on any atom is -0.373 e. The van der Waals surface area contributed by atoms with Gasteiger partial charge in [-0.1, -0.05) is 20.8 Å². The first-order chi connectivity index (χ1) is 9.31. The van der Waals surface area contributed by atoms with E-state index < -0.39 is 0 Å². The zero-order valence-corrected chi connectivity index (χ0v) is 13.0. The molecular formula is C12H18N6OS. The largest absolute Gasteiger partial charge is 0.373 e. The Bertz CT molecular complexity index is 669. The van der Waals surface area contributed by atoms with E-state index in [4.69, 9.17) is 0 Å². The van der Waals surface area contributed by atoms with Gasteiger partial charge in [0.15, 0.2) is 5.16 Å². The van der Waals surface area contributed by atoms with Crippen LogP contribution in [-0.4, -0.2) is 31.8 Å². The lowest BCUT2D eigenvalue weighted by atomic mass is 9.96. The molecule has 0 amide bonds. The third-order valence-electron chi connectivity index (χ3n) is 2.66. The van der Waals surface area contributed by atoms with E-state index in [1.54, 1.807) is 7.05 Å². The van der Waals surface area contributed by atoms with Gasteiger partial charge in [-0.3, -0.25) is 4.57 Å². The SMILES string of the molecule is CNc1cc(Sc2n[nH]c(=O)n2C)nc(C(C)(C)C)n1. The minimum absolute atomic E-state index is 0.153. The van der Waals surface area contributed by atoms with Crippen LogP contribution in [-0.2, 0) is 12.5 Å². The smallest absolute Gasteiger partial charge is 0.343 e. The van der Waals surface area contributed by atoms with Gasteiger partial charge in [0.2, 0.25) is 0 Å². The zero-order chi connectivity index (χ0) is 14.9. The van der Waals surface area contributed by atoms with Crippen LogP contribution in [0.1, 0.15) is 26.6 Å². The van der Waals surface area contributed by atoms with Crippen LogP contribution in [0, 0.1) is 0 Å². The van der Waals surface area contributed by atoms with Crippen molar-refractivity contribution in [1.29, 1.82) is 0 Å². The molecule has 0 saturated carbocycles. The summed E-state index contributed by atoms with van der Waals surface area (Å²) in [7, 11) is 3.48. The van der Waals surface area contributed by atoms with Gasteiger partial charge in [0.05, 0.1) is 0 Å². The van der Waals surface area contributed by atoms with Gasteiger partial charge < -0.3 is 5.32 Å².